The van der Waals surface area contributed by atoms with E-state index in [2.05, 4.69) is 39.6 Å². The molecule has 1 atom stereocenters. The molecular weight excluding hydrogens is 316 g/mol. The SMILES string of the molecule is Cc1ccc2nc(C3CCCN3C(=O)NCCc3cn[nH]c3)[nH]c2c1. The highest BCUT2D eigenvalue weighted by atomic mass is 16.2. The molecule has 3 aromatic rings. The monoisotopic (exact) mass is 338 g/mol. The van der Waals surface area contributed by atoms with E-state index in [0.29, 0.717) is 6.54 Å². The molecule has 1 aliphatic rings. The highest BCUT2D eigenvalue weighted by molar-refractivity contribution is 5.77. The Labute approximate surface area is 145 Å². The van der Waals surface area contributed by atoms with Crippen LogP contribution in [0.5, 0.6) is 0 Å². The largest absolute Gasteiger partial charge is 0.340 e. The van der Waals surface area contributed by atoms with E-state index in [1.54, 1.807) is 6.20 Å². The number of nitrogens with zero attached hydrogens (tertiary/aromatic N) is 3. The zero-order valence-electron chi connectivity index (χ0n) is 14.2. The number of rotatable bonds is 4. The van der Waals surface area contributed by atoms with Crippen molar-refractivity contribution >= 4 is 17.1 Å². The van der Waals surface area contributed by atoms with Gasteiger partial charge >= 0.3 is 6.03 Å². The number of aromatic amines is 2. The Balaban J connectivity index is 1.44. The first-order chi connectivity index (χ1) is 12.2. The summed E-state index contributed by atoms with van der Waals surface area (Å²) in [6, 6.07) is 6.16. The summed E-state index contributed by atoms with van der Waals surface area (Å²) in [6.07, 6.45) is 6.33. The van der Waals surface area contributed by atoms with E-state index in [-0.39, 0.29) is 12.1 Å². The van der Waals surface area contributed by atoms with E-state index >= 15 is 0 Å². The summed E-state index contributed by atoms with van der Waals surface area (Å²) in [7, 11) is 0. The van der Waals surface area contributed by atoms with Crippen LogP contribution in [-0.2, 0) is 6.42 Å². The van der Waals surface area contributed by atoms with Gasteiger partial charge in [0, 0.05) is 19.3 Å². The zero-order valence-corrected chi connectivity index (χ0v) is 14.2. The summed E-state index contributed by atoms with van der Waals surface area (Å²) < 4.78 is 0. The van der Waals surface area contributed by atoms with Crippen molar-refractivity contribution in [2.45, 2.75) is 32.2 Å². The summed E-state index contributed by atoms with van der Waals surface area (Å²) in [6.45, 7) is 3.43. The molecule has 0 aliphatic carbocycles. The molecule has 1 unspecified atom stereocenters. The van der Waals surface area contributed by atoms with Crippen molar-refractivity contribution < 1.29 is 4.79 Å². The standard InChI is InChI=1S/C18H22N6O/c1-12-4-5-14-15(9-12)23-17(22-14)16-3-2-8-24(16)18(25)19-7-6-13-10-20-21-11-13/h4-5,9-11,16H,2-3,6-8H2,1H3,(H,19,25)(H,20,21)(H,22,23). The molecule has 2 aromatic heterocycles. The fourth-order valence-corrected chi connectivity index (χ4v) is 3.42. The van der Waals surface area contributed by atoms with Crippen LogP contribution < -0.4 is 5.32 Å². The van der Waals surface area contributed by atoms with E-state index in [1.807, 2.05) is 17.2 Å². The van der Waals surface area contributed by atoms with Crippen molar-refractivity contribution in [1.29, 1.82) is 0 Å². The molecule has 7 heteroatoms. The minimum atomic E-state index is -0.0253. The summed E-state index contributed by atoms with van der Waals surface area (Å²) in [5.41, 5.74) is 4.27. The van der Waals surface area contributed by atoms with Crippen LogP contribution in [0, 0.1) is 6.92 Å². The molecule has 0 spiro atoms. The second-order valence-corrected chi connectivity index (χ2v) is 6.58. The van der Waals surface area contributed by atoms with Crippen molar-refractivity contribution in [2.75, 3.05) is 13.1 Å². The van der Waals surface area contributed by atoms with Gasteiger partial charge in [0.15, 0.2) is 0 Å². The van der Waals surface area contributed by atoms with Crippen molar-refractivity contribution in [2.24, 2.45) is 0 Å². The third-order valence-electron chi connectivity index (χ3n) is 4.73. The lowest BCUT2D eigenvalue weighted by molar-refractivity contribution is 0.191. The van der Waals surface area contributed by atoms with E-state index in [0.717, 1.165) is 48.2 Å². The molecule has 2 amide bonds. The molecule has 1 aliphatic heterocycles. The number of nitrogens with one attached hydrogen (secondary N) is 3. The number of carbonyl (C=O) groups excluding carboxylic acids is 1. The van der Waals surface area contributed by atoms with Crippen molar-refractivity contribution in [3.8, 4) is 0 Å². The molecule has 4 rings (SSSR count). The zero-order chi connectivity index (χ0) is 17.2. The topological polar surface area (TPSA) is 89.7 Å². The molecule has 25 heavy (non-hydrogen) atoms. The second-order valence-electron chi connectivity index (χ2n) is 6.58. The third kappa shape index (κ3) is 3.22. The normalized spacial score (nSPS) is 17.3. The van der Waals surface area contributed by atoms with E-state index in [9.17, 15) is 4.79 Å². The van der Waals surface area contributed by atoms with Gasteiger partial charge in [-0.2, -0.15) is 5.10 Å². The van der Waals surface area contributed by atoms with Gasteiger partial charge in [0.05, 0.1) is 23.3 Å². The van der Waals surface area contributed by atoms with Crippen molar-refractivity contribution in [3.63, 3.8) is 0 Å². The number of aromatic nitrogens is 4. The van der Waals surface area contributed by atoms with Crippen LogP contribution in [0.1, 0.15) is 35.8 Å². The fourth-order valence-electron chi connectivity index (χ4n) is 3.42. The van der Waals surface area contributed by atoms with Gasteiger partial charge in [-0.25, -0.2) is 9.78 Å². The lowest BCUT2D eigenvalue weighted by atomic mass is 10.2. The van der Waals surface area contributed by atoms with E-state index < -0.39 is 0 Å². The molecule has 0 radical (unpaired) electrons. The first kappa shape index (κ1) is 15.7. The van der Waals surface area contributed by atoms with Crippen LogP contribution >= 0.6 is 0 Å². The molecule has 0 bridgehead atoms. The number of H-pyrrole nitrogens is 2. The van der Waals surface area contributed by atoms with Gasteiger partial charge in [0.25, 0.3) is 0 Å². The quantitative estimate of drug-likeness (QED) is 0.683. The summed E-state index contributed by atoms with van der Waals surface area (Å²) in [4.78, 5) is 22.6. The average Bonchev–Trinajstić information content (AvgIpc) is 3.33. The third-order valence-corrected chi connectivity index (χ3v) is 4.73. The van der Waals surface area contributed by atoms with E-state index in [1.165, 1.54) is 5.56 Å². The maximum atomic E-state index is 12.6. The molecule has 3 N–H and O–H groups in total. The molecular formula is C18H22N6O. The predicted molar refractivity (Wildman–Crippen MR) is 95.2 cm³/mol. The molecule has 1 fully saturated rings. The maximum Gasteiger partial charge on any atom is 0.318 e. The van der Waals surface area contributed by atoms with Crippen molar-refractivity contribution in [1.82, 2.24) is 30.4 Å². The van der Waals surface area contributed by atoms with Gasteiger partial charge in [0.2, 0.25) is 0 Å². The highest BCUT2D eigenvalue weighted by Gasteiger charge is 2.32. The number of urea groups is 1. The van der Waals surface area contributed by atoms with Gasteiger partial charge in [-0.1, -0.05) is 6.07 Å². The fraction of sp³-hybridized carbons (Fsp3) is 0.389. The van der Waals surface area contributed by atoms with Crippen LogP contribution in [0.2, 0.25) is 0 Å². The number of aryl methyl sites for hydroxylation is 1. The predicted octanol–water partition coefficient (Wildman–Crippen LogP) is 2.68. The minimum Gasteiger partial charge on any atom is -0.340 e. The Bertz CT molecular complexity index is 869. The van der Waals surface area contributed by atoms with Crippen LogP contribution in [-0.4, -0.2) is 44.2 Å². The molecule has 0 saturated carbocycles. The van der Waals surface area contributed by atoms with Crippen molar-refractivity contribution in [3.05, 3.63) is 47.5 Å². The van der Waals surface area contributed by atoms with Gasteiger partial charge in [-0.05, 0) is 49.4 Å². The smallest absolute Gasteiger partial charge is 0.318 e. The van der Waals surface area contributed by atoms with Crippen LogP contribution in [0.25, 0.3) is 11.0 Å². The second kappa shape index (κ2) is 6.58. The first-order valence-electron chi connectivity index (χ1n) is 8.69. The van der Waals surface area contributed by atoms with E-state index in [4.69, 9.17) is 4.98 Å². The number of imidazole rings is 1. The Hall–Kier alpha value is -2.83. The Morgan fingerprint density at radius 2 is 2.36 bits per heavy atom. The number of hydrogen-bond donors (Lipinski definition) is 3. The highest BCUT2D eigenvalue weighted by Crippen LogP contribution is 2.31. The van der Waals surface area contributed by atoms with Gasteiger partial charge < -0.3 is 15.2 Å². The molecule has 1 aromatic carbocycles. The molecule has 7 nitrogen and oxygen atoms in total. The number of carbonyl (C=O) groups is 1. The average molecular weight is 338 g/mol. The maximum absolute atomic E-state index is 12.6. The number of likely N-dealkylation sites (tertiary alicyclic amines) is 1. The van der Waals surface area contributed by atoms with Crippen LogP contribution in [0.4, 0.5) is 4.79 Å². The molecule has 3 heterocycles. The first-order valence-corrected chi connectivity index (χ1v) is 8.69. The Kier molecular flexibility index (Phi) is 4.13. The van der Waals surface area contributed by atoms with Gasteiger partial charge in [-0.15, -0.1) is 0 Å². The number of fused-ring (bicyclic) bond motifs is 1. The Morgan fingerprint density at radius 1 is 1.44 bits per heavy atom. The summed E-state index contributed by atoms with van der Waals surface area (Å²) in [5.74, 6) is 0.878. The summed E-state index contributed by atoms with van der Waals surface area (Å²) in [5, 5.41) is 9.71. The van der Waals surface area contributed by atoms with Gasteiger partial charge in [0.1, 0.15) is 5.82 Å². The minimum absolute atomic E-state index is 0.0154. The number of benzene rings is 1. The van der Waals surface area contributed by atoms with Crippen LogP contribution in [0.15, 0.2) is 30.6 Å². The number of amides is 2. The lowest BCUT2D eigenvalue weighted by Crippen LogP contribution is -2.40. The Morgan fingerprint density at radius 3 is 3.20 bits per heavy atom. The van der Waals surface area contributed by atoms with Gasteiger partial charge in [-0.3, -0.25) is 5.10 Å². The number of hydrogen-bond acceptors (Lipinski definition) is 3. The summed E-state index contributed by atoms with van der Waals surface area (Å²) >= 11 is 0. The molecule has 1 saturated heterocycles. The molecule has 130 valence electrons. The lowest BCUT2D eigenvalue weighted by Gasteiger charge is -2.23. The van der Waals surface area contributed by atoms with Crippen LogP contribution in [0.3, 0.4) is 0 Å².